The fourth-order valence-electron chi connectivity index (χ4n) is 1.93. The Bertz CT molecular complexity index is 393. The fraction of sp³-hybridized carbons (Fsp3) is 0.692. The molecule has 0 aromatic carbocycles. The van der Waals surface area contributed by atoms with Gasteiger partial charge in [-0.3, -0.25) is 0 Å². The molecule has 1 aliphatic carbocycles. The minimum absolute atomic E-state index is 0.860. The molecule has 0 aliphatic heterocycles. The van der Waals surface area contributed by atoms with Crippen molar-refractivity contribution in [3.8, 4) is 0 Å². The van der Waals surface area contributed by atoms with Gasteiger partial charge in [-0.05, 0) is 48.0 Å². The van der Waals surface area contributed by atoms with Crippen molar-refractivity contribution in [2.45, 2.75) is 33.1 Å². The molecule has 1 fully saturated rings. The lowest BCUT2D eigenvalue weighted by molar-refractivity contribution is 0.728. The van der Waals surface area contributed by atoms with E-state index in [1.54, 1.807) is 6.33 Å². The van der Waals surface area contributed by atoms with E-state index in [2.05, 4.69) is 50.0 Å². The summed E-state index contributed by atoms with van der Waals surface area (Å²) < 4.78 is 0.987. The Morgan fingerprint density at radius 1 is 1.39 bits per heavy atom. The average Bonchev–Trinajstić information content (AvgIpc) is 3.19. The maximum atomic E-state index is 4.43. The van der Waals surface area contributed by atoms with Crippen LogP contribution in [0, 0.1) is 5.92 Å². The maximum Gasteiger partial charge on any atom is 0.148 e. The number of anilines is 2. The predicted molar refractivity (Wildman–Crippen MR) is 79.1 cm³/mol. The van der Waals surface area contributed by atoms with Crippen molar-refractivity contribution >= 4 is 27.6 Å². The van der Waals surface area contributed by atoms with Gasteiger partial charge in [-0.1, -0.05) is 6.92 Å². The first-order valence-electron chi connectivity index (χ1n) is 6.75. The summed E-state index contributed by atoms with van der Waals surface area (Å²) in [5.74, 6) is 2.77. The van der Waals surface area contributed by atoms with E-state index < -0.39 is 0 Å². The summed E-state index contributed by atoms with van der Waals surface area (Å²) in [6.07, 6.45) is 5.46. The summed E-state index contributed by atoms with van der Waals surface area (Å²) in [7, 11) is 0. The zero-order valence-electron chi connectivity index (χ0n) is 11.1. The van der Waals surface area contributed by atoms with Gasteiger partial charge < -0.3 is 10.2 Å². The molecular formula is C13H21BrN4. The van der Waals surface area contributed by atoms with Gasteiger partial charge in [0.1, 0.15) is 22.4 Å². The Morgan fingerprint density at radius 3 is 2.78 bits per heavy atom. The lowest BCUT2D eigenvalue weighted by Gasteiger charge is -2.23. The van der Waals surface area contributed by atoms with E-state index in [1.165, 1.54) is 12.8 Å². The van der Waals surface area contributed by atoms with E-state index in [-0.39, 0.29) is 0 Å². The molecule has 18 heavy (non-hydrogen) atoms. The summed E-state index contributed by atoms with van der Waals surface area (Å²) in [5.41, 5.74) is 0. The summed E-state index contributed by atoms with van der Waals surface area (Å²) in [5, 5.41) is 3.33. The van der Waals surface area contributed by atoms with Crippen LogP contribution in [0.25, 0.3) is 0 Å². The Balaban J connectivity index is 2.14. The van der Waals surface area contributed by atoms with Crippen LogP contribution in [0.5, 0.6) is 0 Å². The molecule has 0 bridgehead atoms. The molecule has 100 valence electrons. The number of hydrogen-bond acceptors (Lipinski definition) is 4. The van der Waals surface area contributed by atoms with Gasteiger partial charge in [0.15, 0.2) is 0 Å². The zero-order chi connectivity index (χ0) is 13.0. The molecule has 0 unspecified atom stereocenters. The van der Waals surface area contributed by atoms with E-state index in [1.807, 2.05) is 0 Å². The normalized spacial score (nSPS) is 14.6. The molecule has 1 aromatic heterocycles. The number of aromatic nitrogens is 2. The van der Waals surface area contributed by atoms with Crippen LogP contribution in [0.4, 0.5) is 11.6 Å². The lowest BCUT2D eigenvalue weighted by Crippen LogP contribution is -2.27. The minimum Gasteiger partial charge on any atom is -0.369 e. The highest BCUT2D eigenvalue weighted by molar-refractivity contribution is 9.10. The summed E-state index contributed by atoms with van der Waals surface area (Å²) >= 11 is 3.63. The second-order valence-electron chi connectivity index (χ2n) is 4.77. The van der Waals surface area contributed by atoms with Gasteiger partial charge in [0, 0.05) is 19.6 Å². The second-order valence-corrected chi connectivity index (χ2v) is 5.56. The monoisotopic (exact) mass is 312 g/mol. The van der Waals surface area contributed by atoms with E-state index in [9.17, 15) is 0 Å². The molecule has 0 atom stereocenters. The van der Waals surface area contributed by atoms with Crippen molar-refractivity contribution in [1.82, 2.24) is 9.97 Å². The Labute approximate surface area is 117 Å². The van der Waals surface area contributed by atoms with E-state index in [4.69, 9.17) is 0 Å². The first kappa shape index (κ1) is 13.6. The van der Waals surface area contributed by atoms with Gasteiger partial charge in [0.25, 0.3) is 0 Å². The smallest absolute Gasteiger partial charge is 0.148 e. The Morgan fingerprint density at radius 2 is 2.17 bits per heavy atom. The highest BCUT2D eigenvalue weighted by atomic mass is 79.9. The molecule has 0 saturated heterocycles. The van der Waals surface area contributed by atoms with E-state index in [0.717, 1.165) is 48.1 Å². The number of rotatable bonds is 7. The van der Waals surface area contributed by atoms with Crippen molar-refractivity contribution in [1.29, 1.82) is 0 Å². The summed E-state index contributed by atoms with van der Waals surface area (Å²) in [6, 6.07) is 0. The van der Waals surface area contributed by atoms with E-state index >= 15 is 0 Å². The van der Waals surface area contributed by atoms with Crippen molar-refractivity contribution in [2.75, 3.05) is 29.9 Å². The van der Waals surface area contributed by atoms with Crippen molar-refractivity contribution in [3.05, 3.63) is 10.8 Å². The molecule has 0 amide bonds. The van der Waals surface area contributed by atoms with Crippen LogP contribution >= 0.6 is 15.9 Å². The number of halogens is 1. The number of nitrogens with zero attached hydrogens (tertiary/aromatic N) is 3. The number of hydrogen-bond donors (Lipinski definition) is 1. The molecule has 1 aromatic rings. The zero-order valence-corrected chi connectivity index (χ0v) is 12.7. The summed E-state index contributed by atoms with van der Waals surface area (Å²) in [4.78, 5) is 11.1. The van der Waals surface area contributed by atoms with Gasteiger partial charge in [-0.15, -0.1) is 0 Å². The molecule has 1 N–H and O–H groups in total. The summed E-state index contributed by atoms with van der Waals surface area (Å²) in [6.45, 7) is 7.35. The van der Waals surface area contributed by atoms with Crippen molar-refractivity contribution in [2.24, 2.45) is 5.92 Å². The maximum absolute atomic E-state index is 4.43. The standard InChI is InChI=1S/C13H21BrN4/c1-3-7-15-12-11(14)13(17-9-16-12)18(4-2)8-10-5-6-10/h9-10H,3-8H2,1-2H3,(H,15,16,17). The molecule has 1 heterocycles. The van der Waals surface area contributed by atoms with Crippen LogP contribution in [0.2, 0.25) is 0 Å². The third-order valence-electron chi connectivity index (χ3n) is 3.17. The third-order valence-corrected chi connectivity index (χ3v) is 3.90. The highest BCUT2D eigenvalue weighted by Gasteiger charge is 2.25. The van der Waals surface area contributed by atoms with Crippen LogP contribution in [-0.2, 0) is 0 Å². The lowest BCUT2D eigenvalue weighted by atomic mass is 10.3. The van der Waals surface area contributed by atoms with Crippen LogP contribution in [-0.4, -0.2) is 29.6 Å². The fourth-order valence-corrected chi connectivity index (χ4v) is 2.52. The molecular weight excluding hydrogens is 292 g/mol. The van der Waals surface area contributed by atoms with Crippen LogP contribution in [0.3, 0.4) is 0 Å². The van der Waals surface area contributed by atoms with Gasteiger partial charge in [0.05, 0.1) is 0 Å². The second kappa shape index (κ2) is 6.36. The van der Waals surface area contributed by atoms with Gasteiger partial charge in [-0.25, -0.2) is 9.97 Å². The predicted octanol–water partition coefficient (Wildman–Crippen LogP) is 3.30. The molecule has 1 saturated carbocycles. The minimum atomic E-state index is 0.860. The Hall–Kier alpha value is -0.840. The first-order valence-corrected chi connectivity index (χ1v) is 7.54. The van der Waals surface area contributed by atoms with Gasteiger partial charge in [0.2, 0.25) is 0 Å². The van der Waals surface area contributed by atoms with Crippen LogP contribution in [0.1, 0.15) is 33.1 Å². The van der Waals surface area contributed by atoms with Gasteiger partial charge in [-0.2, -0.15) is 0 Å². The molecule has 0 radical (unpaired) electrons. The largest absolute Gasteiger partial charge is 0.369 e. The SMILES string of the molecule is CCCNc1ncnc(N(CC)CC2CC2)c1Br. The quantitative estimate of drug-likeness (QED) is 0.838. The average molecular weight is 313 g/mol. The highest BCUT2D eigenvalue weighted by Crippen LogP contribution is 2.34. The van der Waals surface area contributed by atoms with Crippen LogP contribution < -0.4 is 10.2 Å². The molecule has 2 rings (SSSR count). The Kier molecular flexibility index (Phi) is 4.80. The topological polar surface area (TPSA) is 41.1 Å². The molecule has 0 spiro atoms. The molecule has 4 nitrogen and oxygen atoms in total. The van der Waals surface area contributed by atoms with Gasteiger partial charge >= 0.3 is 0 Å². The van der Waals surface area contributed by atoms with Crippen molar-refractivity contribution < 1.29 is 0 Å². The first-order chi connectivity index (χ1) is 8.76. The molecule has 5 heteroatoms. The molecule has 1 aliphatic rings. The third kappa shape index (κ3) is 3.34. The van der Waals surface area contributed by atoms with E-state index in [0.29, 0.717) is 0 Å². The van der Waals surface area contributed by atoms with Crippen molar-refractivity contribution in [3.63, 3.8) is 0 Å². The van der Waals surface area contributed by atoms with Crippen LogP contribution in [0.15, 0.2) is 10.8 Å². The number of nitrogens with one attached hydrogen (secondary N) is 1.